The second-order valence-electron chi connectivity index (χ2n) is 2.79. The number of aldehydes is 2. The van der Waals surface area contributed by atoms with E-state index in [9.17, 15) is 9.59 Å². The zero-order chi connectivity index (χ0) is 9.14. The number of benzene rings is 1. The molecule has 0 saturated carbocycles. The average Bonchev–Trinajstić information content (AvgIpc) is 2.09. The zero-order valence-electron chi connectivity index (χ0n) is 7.13. The summed E-state index contributed by atoms with van der Waals surface area (Å²) in [4.78, 5) is 21.0. The minimum absolute atomic E-state index is 0.556. The van der Waals surface area contributed by atoms with Crippen molar-refractivity contribution in [2.24, 2.45) is 0 Å². The maximum Gasteiger partial charge on any atom is 0.150 e. The Bertz CT molecular complexity index is 327. The molecule has 0 amide bonds. The maximum absolute atomic E-state index is 10.5. The molecule has 12 heavy (non-hydrogen) atoms. The van der Waals surface area contributed by atoms with Crippen molar-refractivity contribution in [3.05, 3.63) is 34.4 Å². The Morgan fingerprint density at radius 2 is 1.75 bits per heavy atom. The Balaban J connectivity index is 3.37. The van der Waals surface area contributed by atoms with E-state index < -0.39 is 0 Å². The van der Waals surface area contributed by atoms with Crippen LogP contribution in [0.25, 0.3) is 0 Å². The van der Waals surface area contributed by atoms with Gasteiger partial charge in [-0.2, -0.15) is 0 Å². The van der Waals surface area contributed by atoms with Crippen LogP contribution in [0.4, 0.5) is 0 Å². The monoisotopic (exact) mass is 162 g/mol. The highest BCUT2D eigenvalue weighted by molar-refractivity contribution is 5.84. The molecule has 0 fully saturated rings. The number of hydrogen-bond acceptors (Lipinski definition) is 2. The lowest BCUT2D eigenvalue weighted by Gasteiger charge is -2.03. The quantitative estimate of drug-likeness (QED) is 0.622. The van der Waals surface area contributed by atoms with Crippen molar-refractivity contribution in [3.63, 3.8) is 0 Å². The van der Waals surface area contributed by atoms with E-state index in [0.29, 0.717) is 11.1 Å². The molecule has 0 aliphatic heterocycles. The minimum atomic E-state index is 0.556. The summed E-state index contributed by atoms with van der Waals surface area (Å²) >= 11 is 0. The van der Waals surface area contributed by atoms with E-state index >= 15 is 0 Å². The third-order valence-corrected chi connectivity index (χ3v) is 1.99. The third-order valence-electron chi connectivity index (χ3n) is 1.99. The first-order valence-electron chi connectivity index (χ1n) is 3.70. The Morgan fingerprint density at radius 3 is 2.25 bits per heavy atom. The van der Waals surface area contributed by atoms with Crippen LogP contribution >= 0.6 is 0 Å². The van der Waals surface area contributed by atoms with Crippen LogP contribution in [0.5, 0.6) is 0 Å². The summed E-state index contributed by atoms with van der Waals surface area (Å²) in [6.07, 6.45) is 1.52. The van der Waals surface area contributed by atoms with Crippen molar-refractivity contribution in [1.29, 1.82) is 0 Å². The van der Waals surface area contributed by atoms with Crippen molar-refractivity contribution in [2.45, 2.75) is 13.8 Å². The van der Waals surface area contributed by atoms with Gasteiger partial charge in [0, 0.05) is 11.1 Å². The number of aryl methyl sites for hydroxylation is 1. The first-order chi connectivity index (χ1) is 5.69. The zero-order valence-corrected chi connectivity index (χ0v) is 7.13. The highest BCUT2D eigenvalue weighted by Gasteiger charge is 2.02. The maximum atomic E-state index is 10.5. The summed E-state index contributed by atoms with van der Waals surface area (Å²) in [5.41, 5.74) is 3.06. The summed E-state index contributed by atoms with van der Waals surface area (Å²) < 4.78 is 0. The molecule has 1 aromatic carbocycles. The molecule has 0 aliphatic rings. The van der Waals surface area contributed by atoms with E-state index in [4.69, 9.17) is 0 Å². The van der Waals surface area contributed by atoms with Gasteiger partial charge >= 0.3 is 0 Å². The summed E-state index contributed by atoms with van der Waals surface area (Å²) in [6, 6.07) is 3.37. The van der Waals surface area contributed by atoms with Gasteiger partial charge in [-0.3, -0.25) is 9.59 Å². The number of rotatable bonds is 2. The van der Waals surface area contributed by atoms with Gasteiger partial charge in [0.05, 0.1) is 0 Å². The lowest BCUT2D eigenvalue weighted by atomic mass is 10.0. The Labute approximate surface area is 71.2 Å². The normalized spacial score (nSPS) is 9.50. The molecule has 62 valence electrons. The second kappa shape index (κ2) is 3.30. The molecular formula is C10H10O2. The predicted molar refractivity (Wildman–Crippen MR) is 46.7 cm³/mol. The van der Waals surface area contributed by atoms with Crippen LogP contribution in [-0.4, -0.2) is 12.6 Å². The van der Waals surface area contributed by atoms with Crippen molar-refractivity contribution in [3.8, 4) is 0 Å². The van der Waals surface area contributed by atoms with Crippen LogP contribution in [0.2, 0.25) is 0 Å². The lowest BCUT2D eigenvalue weighted by molar-refractivity contribution is 0.112. The van der Waals surface area contributed by atoms with Gasteiger partial charge in [-0.15, -0.1) is 0 Å². The van der Waals surface area contributed by atoms with Crippen molar-refractivity contribution in [2.75, 3.05) is 0 Å². The largest absolute Gasteiger partial charge is 0.298 e. The fourth-order valence-corrected chi connectivity index (χ4v) is 1.11. The molecule has 2 heteroatoms. The highest BCUT2D eigenvalue weighted by Crippen LogP contribution is 2.13. The van der Waals surface area contributed by atoms with Crippen molar-refractivity contribution < 1.29 is 9.59 Å². The SMILES string of the molecule is Cc1cc(C=O)cc(C=O)c1C. The summed E-state index contributed by atoms with van der Waals surface area (Å²) in [5.74, 6) is 0. The third kappa shape index (κ3) is 1.42. The van der Waals surface area contributed by atoms with E-state index in [2.05, 4.69) is 0 Å². The van der Waals surface area contributed by atoms with Gasteiger partial charge < -0.3 is 0 Å². The lowest BCUT2D eigenvalue weighted by Crippen LogP contribution is -1.93. The standard InChI is InChI=1S/C10H10O2/c1-7-3-9(5-11)4-10(6-12)8(7)2/h3-6H,1-2H3. The van der Waals surface area contributed by atoms with E-state index in [1.165, 1.54) is 0 Å². The molecule has 0 aliphatic carbocycles. The van der Waals surface area contributed by atoms with Crippen LogP contribution in [0.1, 0.15) is 31.8 Å². The van der Waals surface area contributed by atoms with Crippen molar-refractivity contribution >= 4 is 12.6 Å². The van der Waals surface area contributed by atoms with E-state index in [0.717, 1.165) is 23.7 Å². The summed E-state index contributed by atoms with van der Waals surface area (Å²) in [6.45, 7) is 3.75. The molecule has 0 heterocycles. The molecule has 1 aromatic rings. The molecule has 0 atom stereocenters. The van der Waals surface area contributed by atoms with Gasteiger partial charge in [-0.25, -0.2) is 0 Å². The Kier molecular flexibility index (Phi) is 2.38. The summed E-state index contributed by atoms with van der Waals surface area (Å²) in [7, 11) is 0. The molecule has 0 bridgehead atoms. The van der Waals surface area contributed by atoms with Gasteiger partial charge in [0.2, 0.25) is 0 Å². The number of carbonyl (C=O) groups excluding carboxylic acids is 2. The summed E-state index contributed by atoms with van der Waals surface area (Å²) in [5, 5.41) is 0. The van der Waals surface area contributed by atoms with Crippen LogP contribution in [-0.2, 0) is 0 Å². The average molecular weight is 162 g/mol. The number of carbonyl (C=O) groups is 2. The van der Waals surface area contributed by atoms with Gasteiger partial charge in [0.1, 0.15) is 12.6 Å². The Hall–Kier alpha value is -1.44. The number of hydrogen-bond donors (Lipinski definition) is 0. The predicted octanol–water partition coefficient (Wildman–Crippen LogP) is 1.93. The minimum Gasteiger partial charge on any atom is -0.298 e. The highest BCUT2D eigenvalue weighted by atomic mass is 16.1. The van der Waals surface area contributed by atoms with Crippen LogP contribution in [0.3, 0.4) is 0 Å². The molecule has 2 nitrogen and oxygen atoms in total. The van der Waals surface area contributed by atoms with E-state index in [1.54, 1.807) is 12.1 Å². The molecule has 0 N–H and O–H groups in total. The molecule has 0 radical (unpaired) electrons. The first-order valence-corrected chi connectivity index (χ1v) is 3.70. The van der Waals surface area contributed by atoms with E-state index in [1.807, 2.05) is 13.8 Å². The fourth-order valence-electron chi connectivity index (χ4n) is 1.11. The molecule has 0 aromatic heterocycles. The van der Waals surface area contributed by atoms with E-state index in [-0.39, 0.29) is 0 Å². The molecule has 1 rings (SSSR count). The van der Waals surface area contributed by atoms with Gasteiger partial charge in [-0.1, -0.05) is 0 Å². The van der Waals surface area contributed by atoms with Crippen LogP contribution in [0.15, 0.2) is 12.1 Å². The van der Waals surface area contributed by atoms with Gasteiger partial charge in [0.25, 0.3) is 0 Å². The molecule has 0 saturated heterocycles. The smallest absolute Gasteiger partial charge is 0.150 e. The van der Waals surface area contributed by atoms with Crippen LogP contribution < -0.4 is 0 Å². The molecular weight excluding hydrogens is 152 g/mol. The van der Waals surface area contributed by atoms with Crippen LogP contribution in [0, 0.1) is 13.8 Å². The van der Waals surface area contributed by atoms with Gasteiger partial charge in [0.15, 0.2) is 0 Å². The van der Waals surface area contributed by atoms with Gasteiger partial charge in [-0.05, 0) is 37.1 Å². The fraction of sp³-hybridized carbons (Fsp3) is 0.200. The topological polar surface area (TPSA) is 34.1 Å². The Morgan fingerprint density at radius 1 is 1.08 bits per heavy atom. The molecule has 0 spiro atoms. The second-order valence-corrected chi connectivity index (χ2v) is 2.79. The molecule has 0 unspecified atom stereocenters. The first kappa shape index (κ1) is 8.65. The van der Waals surface area contributed by atoms with Crippen molar-refractivity contribution in [1.82, 2.24) is 0 Å².